The summed E-state index contributed by atoms with van der Waals surface area (Å²) in [6.45, 7) is -0.479. The van der Waals surface area contributed by atoms with Gasteiger partial charge in [0.05, 0.1) is 6.61 Å². The number of hydrogen-bond acceptors (Lipinski definition) is 13. The molecule has 1 aliphatic heterocycles. The number of phosphoric acid groups is 4. The highest BCUT2D eigenvalue weighted by molar-refractivity contribution is 7.69. The van der Waals surface area contributed by atoms with Crippen molar-refractivity contribution in [1.82, 2.24) is 9.55 Å². The zero-order chi connectivity index (χ0) is 26.7. The average Bonchev–Trinajstić information content (AvgIpc) is 2.85. The fourth-order valence-electron chi connectivity index (χ4n) is 2.17. The average molecular weight is 582 g/mol. The first-order valence-electron chi connectivity index (χ1n) is 8.01. The van der Waals surface area contributed by atoms with E-state index in [2.05, 4.69) is 12.9 Å². The van der Waals surface area contributed by atoms with Crippen LogP contribution in [-0.4, -0.2) is 79.1 Å². The Bertz CT molecular complexity index is 1110. The number of aliphatic hydroxyl groups excluding tert-OH is 3. The molecule has 1 aliphatic rings. The molecule has 0 saturated carbocycles. The lowest BCUT2D eigenvalue weighted by Crippen LogP contribution is -2.37. The lowest BCUT2D eigenvalue weighted by atomic mass is 10.1. The molecular formula is C9H18N2O19P4. The number of aromatic nitrogens is 2. The SMILES string of the molecule is O=P(O)(O)OP(=O)(O)OP(=O)(O)OP(=O)(O)O.O=c1ccn([C@@H]2O[C@H](CO)[C@@H](O)[C@H]2O)c(=O)[nH]1. The van der Waals surface area contributed by atoms with E-state index in [-0.39, 0.29) is 0 Å². The van der Waals surface area contributed by atoms with E-state index in [0.29, 0.717) is 0 Å². The van der Waals surface area contributed by atoms with E-state index in [1.807, 2.05) is 4.98 Å². The monoisotopic (exact) mass is 582 g/mol. The molecule has 2 unspecified atom stereocenters. The van der Waals surface area contributed by atoms with Crippen molar-refractivity contribution in [3.8, 4) is 0 Å². The largest absolute Gasteiger partial charge is 0.490 e. The van der Waals surface area contributed by atoms with Crippen LogP contribution < -0.4 is 11.2 Å². The van der Waals surface area contributed by atoms with Crippen LogP contribution in [0, 0.1) is 0 Å². The van der Waals surface area contributed by atoms with Crippen molar-refractivity contribution < 1.29 is 80.6 Å². The number of hydrogen-bond donors (Lipinski definition) is 10. The van der Waals surface area contributed by atoms with Crippen LogP contribution in [0.25, 0.3) is 0 Å². The van der Waals surface area contributed by atoms with Crippen LogP contribution in [0.1, 0.15) is 6.23 Å². The quantitative estimate of drug-likeness (QED) is 0.133. The van der Waals surface area contributed by atoms with Gasteiger partial charge in [-0.1, -0.05) is 0 Å². The minimum absolute atomic E-state index is 0.479. The van der Waals surface area contributed by atoms with Crippen molar-refractivity contribution in [3.63, 3.8) is 0 Å². The second kappa shape index (κ2) is 11.4. The molecule has 2 heterocycles. The van der Waals surface area contributed by atoms with E-state index in [0.717, 1.165) is 16.8 Å². The van der Waals surface area contributed by atoms with Gasteiger partial charge in [0, 0.05) is 12.3 Å². The first-order chi connectivity index (χ1) is 15.2. The van der Waals surface area contributed by atoms with Crippen molar-refractivity contribution >= 4 is 31.3 Å². The molecule has 21 nitrogen and oxygen atoms in total. The van der Waals surface area contributed by atoms with E-state index in [4.69, 9.17) is 39.2 Å². The van der Waals surface area contributed by atoms with Crippen molar-refractivity contribution in [2.45, 2.75) is 24.5 Å². The summed E-state index contributed by atoms with van der Waals surface area (Å²) in [6.07, 6.45) is -3.58. The minimum Gasteiger partial charge on any atom is -0.394 e. The van der Waals surface area contributed by atoms with Gasteiger partial charge in [-0.2, -0.15) is 12.9 Å². The van der Waals surface area contributed by atoms with Gasteiger partial charge in [-0.05, 0) is 0 Å². The Kier molecular flexibility index (Phi) is 10.5. The van der Waals surface area contributed by atoms with Crippen molar-refractivity contribution in [1.29, 1.82) is 0 Å². The highest BCUT2D eigenvalue weighted by Gasteiger charge is 2.44. The van der Waals surface area contributed by atoms with Crippen molar-refractivity contribution in [3.05, 3.63) is 33.1 Å². The molecule has 0 spiro atoms. The van der Waals surface area contributed by atoms with Gasteiger partial charge in [0.25, 0.3) is 5.56 Å². The zero-order valence-corrected chi connectivity index (χ0v) is 19.6. The third-order valence-corrected chi connectivity index (χ3v) is 8.27. The molecular weight excluding hydrogens is 564 g/mol. The van der Waals surface area contributed by atoms with E-state index in [1.165, 1.54) is 0 Å². The molecule has 6 atom stereocenters. The third kappa shape index (κ3) is 10.4. The topological polar surface area (TPSA) is 342 Å². The van der Waals surface area contributed by atoms with Gasteiger partial charge in [0.15, 0.2) is 6.23 Å². The summed E-state index contributed by atoms with van der Waals surface area (Å²) in [5.74, 6) is 0. The fourth-order valence-corrected chi connectivity index (χ4v) is 6.14. The molecule has 25 heteroatoms. The normalized spacial score (nSPS) is 26.7. The number of nitrogens with one attached hydrogen (secondary N) is 1. The minimum atomic E-state index is -5.77. The van der Waals surface area contributed by atoms with Crippen LogP contribution >= 0.6 is 31.3 Å². The summed E-state index contributed by atoms with van der Waals surface area (Å²) in [7, 11) is -22.6. The Hall–Kier alpha value is -0.920. The lowest BCUT2D eigenvalue weighted by molar-refractivity contribution is -0.0550. The van der Waals surface area contributed by atoms with Gasteiger partial charge in [0.1, 0.15) is 18.3 Å². The predicted octanol–water partition coefficient (Wildman–Crippen LogP) is -3.43. The highest BCUT2D eigenvalue weighted by atomic mass is 31.3. The molecule has 1 aromatic rings. The maximum Gasteiger partial charge on any atom is 0.490 e. The van der Waals surface area contributed by atoms with Crippen LogP contribution in [-0.2, 0) is 35.9 Å². The third-order valence-electron chi connectivity index (χ3n) is 3.27. The number of ether oxygens (including phenoxy) is 1. The lowest BCUT2D eigenvalue weighted by Gasteiger charge is -2.16. The predicted molar refractivity (Wildman–Crippen MR) is 101 cm³/mol. The van der Waals surface area contributed by atoms with Gasteiger partial charge >= 0.3 is 37.0 Å². The number of aliphatic hydroxyl groups is 3. The molecule has 198 valence electrons. The van der Waals surface area contributed by atoms with Crippen LogP contribution in [0.3, 0.4) is 0 Å². The zero-order valence-electron chi connectivity index (χ0n) is 16.0. The van der Waals surface area contributed by atoms with Gasteiger partial charge in [-0.25, -0.2) is 23.1 Å². The Morgan fingerprint density at radius 1 is 0.882 bits per heavy atom. The summed E-state index contributed by atoms with van der Waals surface area (Å²) in [5, 5.41) is 28.1. The number of H-pyrrole nitrogens is 1. The number of aromatic amines is 1. The first-order valence-corrected chi connectivity index (χ1v) is 14.1. The molecule has 1 aromatic heterocycles. The Balaban J connectivity index is 0.000000340. The molecule has 34 heavy (non-hydrogen) atoms. The number of rotatable bonds is 8. The van der Waals surface area contributed by atoms with Crippen LogP contribution in [0.15, 0.2) is 21.9 Å². The van der Waals surface area contributed by atoms with Crippen LogP contribution in [0.4, 0.5) is 0 Å². The molecule has 0 bridgehead atoms. The number of nitrogens with zero attached hydrogens (tertiary/aromatic N) is 1. The van der Waals surface area contributed by atoms with E-state index < -0.39 is 73.7 Å². The van der Waals surface area contributed by atoms with Gasteiger partial charge in [0.2, 0.25) is 0 Å². The molecule has 2 rings (SSSR count). The highest BCUT2D eigenvalue weighted by Crippen LogP contribution is 2.69. The maximum absolute atomic E-state index is 11.4. The van der Waals surface area contributed by atoms with Gasteiger partial charge in [-0.3, -0.25) is 14.3 Å². The molecule has 0 amide bonds. The standard InChI is InChI=1S/C9H12N2O6.H6O13P4/c12-3-4-6(14)7(15)8(17-4)11-2-1-5(13)10-9(11)16;1-14(2,3)11-16(7,8)13-17(9,10)12-15(4,5)6/h1-2,4,6-8,12,14-15H,3H2,(H,10,13,16);(H,7,8)(H,9,10)(H2,1,2,3)(H2,4,5,6)/t4-,6-,7-,8-;/m1./s1. The summed E-state index contributed by atoms with van der Waals surface area (Å²) >= 11 is 0. The van der Waals surface area contributed by atoms with Crippen LogP contribution in [0.5, 0.6) is 0 Å². The molecule has 0 radical (unpaired) electrons. The Morgan fingerprint density at radius 3 is 1.71 bits per heavy atom. The van der Waals surface area contributed by atoms with Crippen LogP contribution in [0.2, 0.25) is 0 Å². The van der Waals surface area contributed by atoms with Gasteiger partial charge in [-0.15, -0.1) is 0 Å². The molecule has 0 aliphatic carbocycles. The Labute approximate surface area is 186 Å². The fraction of sp³-hybridized carbons (Fsp3) is 0.556. The van der Waals surface area contributed by atoms with Crippen molar-refractivity contribution in [2.75, 3.05) is 6.61 Å². The molecule has 0 aromatic carbocycles. The second-order valence-corrected chi connectivity index (χ2v) is 11.7. The van der Waals surface area contributed by atoms with Crippen molar-refractivity contribution in [2.24, 2.45) is 0 Å². The second-order valence-electron chi connectivity index (χ2n) is 5.91. The summed E-state index contributed by atoms with van der Waals surface area (Å²) in [5.41, 5.74) is -1.33. The molecule has 1 saturated heterocycles. The van der Waals surface area contributed by atoms with E-state index in [1.54, 1.807) is 0 Å². The summed E-state index contributed by atoms with van der Waals surface area (Å²) < 4.78 is 57.0. The van der Waals surface area contributed by atoms with Gasteiger partial charge < -0.3 is 49.4 Å². The summed E-state index contributed by atoms with van der Waals surface area (Å²) in [4.78, 5) is 73.8. The van der Waals surface area contributed by atoms with E-state index in [9.17, 15) is 38.1 Å². The molecule has 1 fully saturated rings. The van der Waals surface area contributed by atoms with E-state index >= 15 is 0 Å². The summed E-state index contributed by atoms with van der Waals surface area (Å²) in [6, 6.07) is 1.09. The Morgan fingerprint density at radius 2 is 1.35 bits per heavy atom. The first kappa shape index (κ1) is 31.1. The maximum atomic E-state index is 11.4. The smallest absolute Gasteiger partial charge is 0.394 e. The molecule has 10 N–H and O–H groups in total.